The summed E-state index contributed by atoms with van der Waals surface area (Å²) in [6.07, 6.45) is 3.34. The van der Waals surface area contributed by atoms with Crippen molar-refractivity contribution in [3.63, 3.8) is 0 Å². The molecule has 0 amide bonds. The normalized spacial score (nSPS) is 10.4. The van der Waals surface area contributed by atoms with Crippen molar-refractivity contribution in [2.24, 2.45) is 0 Å². The van der Waals surface area contributed by atoms with E-state index in [0.717, 1.165) is 5.56 Å². The lowest BCUT2D eigenvalue weighted by Gasteiger charge is -2.09. The number of pyridine rings is 1. The van der Waals surface area contributed by atoms with Crippen LogP contribution in [0.15, 0.2) is 47.2 Å². The molecule has 2 heterocycles. The van der Waals surface area contributed by atoms with Crippen LogP contribution in [-0.2, 0) is 0 Å². The third-order valence-corrected chi connectivity index (χ3v) is 3.00. The van der Waals surface area contributed by atoms with Crippen molar-refractivity contribution >= 4 is 0 Å². The second-order valence-corrected chi connectivity index (χ2v) is 4.20. The zero-order valence-corrected chi connectivity index (χ0v) is 11.6. The Labute approximate surface area is 121 Å². The van der Waals surface area contributed by atoms with Gasteiger partial charge in [0.2, 0.25) is 5.82 Å². The molecule has 21 heavy (non-hydrogen) atoms. The van der Waals surface area contributed by atoms with Crippen LogP contribution in [0.1, 0.15) is 0 Å². The average Bonchev–Trinajstić information content (AvgIpc) is 3.04. The van der Waals surface area contributed by atoms with Crippen molar-refractivity contribution in [2.45, 2.75) is 0 Å². The van der Waals surface area contributed by atoms with Gasteiger partial charge in [0, 0.05) is 18.0 Å². The fourth-order valence-electron chi connectivity index (χ4n) is 2.01. The summed E-state index contributed by atoms with van der Waals surface area (Å²) in [7, 11) is 3.17. The van der Waals surface area contributed by atoms with Gasteiger partial charge in [0.05, 0.1) is 14.2 Å². The summed E-state index contributed by atoms with van der Waals surface area (Å²) in [5.74, 6) is 2.07. The molecule has 2 aromatic heterocycles. The number of hydrogen-bond donors (Lipinski definition) is 0. The smallest absolute Gasteiger partial charge is 0.258 e. The van der Waals surface area contributed by atoms with Gasteiger partial charge in [-0.05, 0) is 24.3 Å². The highest BCUT2D eigenvalue weighted by molar-refractivity contribution is 5.72. The largest absolute Gasteiger partial charge is 0.496 e. The average molecular weight is 283 g/mol. The van der Waals surface area contributed by atoms with Crippen molar-refractivity contribution in [3.05, 3.63) is 42.7 Å². The van der Waals surface area contributed by atoms with Crippen LogP contribution in [0.4, 0.5) is 0 Å². The fraction of sp³-hybridized carbons (Fsp3) is 0.133. The molecule has 0 saturated carbocycles. The molecule has 0 atom stereocenters. The molecule has 6 nitrogen and oxygen atoms in total. The Bertz CT molecular complexity index is 719. The number of methoxy groups -OCH3 is 2. The highest BCUT2D eigenvalue weighted by Crippen LogP contribution is 2.37. The Morgan fingerprint density at radius 1 is 0.952 bits per heavy atom. The number of nitrogens with zero attached hydrogens (tertiary/aromatic N) is 3. The molecular formula is C15H13N3O3. The fourth-order valence-corrected chi connectivity index (χ4v) is 2.01. The molecule has 0 aliphatic carbocycles. The molecule has 0 N–H and O–H groups in total. The molecule has 0 fully saturated rings. The van der Waals surface area contributed by atoms with Gasteiger partial charge in [-0.15, -0.1) is 0 Å². The lowest BCUT2D eigenvalue weighted by Crippen LogP contribution is -1.94. The third kappa shape index (κ3) is 2.43. The van der Waals surface area contributed by atoms with E-state index < -0.39 is 0 Å². The van der Waals surface area contributed by atoms with Crippen LogP contribution in [0.5, 0.6) is 11.5 Å². The lowest BCUT2D eigenvalue weighted by atomic mass is 10.1. The first kappa shape index (κ1) is 13.1. The van der Waals surface area contributed by atoms with Crippen molar-refractivity contribution in [3.8, 4) is 34.3 Å². The summed E-state index contributed by atoms with van der Waals surface area (Å²) >= 11 is 0. The summed E-state index contributed by atoms with van der Waals surface area (Å²) in [4.78, 5) is 8.36. The standard InChI is InChI=1S/C15H13N3O3/c1-19-11-4-3-5-12(20-2)13(11)14-17-15(21-18-14)10-6-8-16-9-7-10/h3-9H,1-2H3. The zero-order valence-electron chi connectivity index (χ0n) is 11.6. The molecular weight excluding hydrogens is 270 g/mol. The SMILES string of the molecule is COc1cccc(OC)c1-c1noc(-c2ccncc2)n1. The second kappa shape index (κ2) is 5.62. The molecule has 0 bridgehead atoms. The first-order chi connectivity index (χ1) is 10.3. The van der Waals surface area contributed by atoms with Gasteiger partial charge in [-0.3, -0.25) is 4.98 Å². The Hall–Kier alpha value is -2.89. The van der Waals surface area contributed by atoms with Gasteiger partial charge in [0.1, 0.15) is 17.1 Å². The Kier molecular flexibility index (Phi) is 3.51. The minimum atomic E-state index is 0.413. The quantitative estimate of drug-likeness (QED) is 0.733. The van der Waals surface area contributed by atoms with Crippen molar-refractivity contribution in [1.29, 1.82) is 0 Å². The molecule has 0 saturated heterocycles. The third-order valence-electron chi connectivity index (χ3n) is 3.00. The molecule has 0 aliphatic rings. The van der Waals surface area contributed by atoms with Gasteiger partial charge in [0.25, 0.3) is 5.89 Å². The summed E-state index contributed by atoms with van der Waals surface area (Å²) < 4.78 is 16.0. The molecule has 3 rings (SSSR count). The van der Waals surface area contributed by atoms with Gasteiger partial charge in [-0.2, -0.15) is 4.98 Å². The molecule has 0 aliphatic heterocycles. The van der Waals surface area contributed by atoms with Crippen LogP contribution in [-0.4, -0.2) is 29.3 Å². The van der Waals surface area contributed by atoms with Crippen LogP contribution in [0.2, 0.25) is 0 Å². The molecule has 0 unspecified atom stereocenters. The van der Waals surface area contributed by atoms with Crippen LogP contribution in [0.25, 0.3) is 22.8 Å². The van der Waals surface area contributed by atoms with Crippen molar-refractivity contribution in [1.82, 2.24) is 15.1 Å². The van der Waals surface area contributed by atoms with Gasteiger partial charge >= 0.3 is 0 Å². The predicted octanol–water partition coefficient (Wildman–Crippen LogP) is 2.82. The Morgan fingerprint density at radius 3 is 2.24 bits per heavy atom. The van der Waals surface area contributed by atoms with Crippen LogP contribution < -0.4 is 9.47 Å². The molecule has 1 aromatic carbocycles. The highest BCUT2D eigenvalue weighted by Gasteiger charge is 2.18. The van der Waals surface area contributed by atoms with E-state index in [2.05, 4.69) is 15.1 Å². The van der Waals surface area contributed by atoms with Gasteiger partial charge in [-0.1, -0.05) is 11.2 Å². The van der Waals surface area contributed by atoms with E-state index in [1.807, 2.05) is 18.2 Å². The maximum Gasteiger partial charge on any atom is 0.258 e. The zero-order chi connectivity index (χ0) is 14.7. The monoisotopic (exact) mass is 283 g/mol. The number of benzene rings is 1. The summed E-state index contributed by atoms with van der Waals surface area (Å²) in [6.45, 7) is 0. The van der Waals surface area contributed by atoms with E-state index in [1.54, 1.807) is 38.7 Å². The Morgan fingerprint density at radius 2 is 1.62 bits per heavy atom. The molecule has 0 spiro atoms. The van der Waals surface area contributed by atoms with Gasteiger partial charge < -0.3 is 14.0 Å². The summed E-state index contributed by atoms with van der Waals surface area (Å²) in [5, 5.41) is 4.01. The molecule has 0 radical (unpaired) electrons. The lowest BCUT2D eigenvalue weighted by molar-refractivity contribution is 0.394. The van der Waals surface area contributed by atoms with Crippen LogP contribution >= 0.6 is 0 Å². The summed E-state index contributed by atoms with van der Waals surface area (Å²) in [5.41, 5.74) is 1.46. The van der Waals surface area contributed by atoms with E-state index in [0.29, 0.717) is 28.8 Å². The Balaban J connectivity index is 2.08. The predicted molar refractivity (Wildman–Crippen MR) is 76.1 cm³/mol. The topological polar surface area (TPSA) is 70.3 Å². The molecule has 6 heteroatoms. The molecule has 3 aromatic rings. The van der Waals surface area contributed by atoms with E-state index in [4.69, 9.17) is 14.0 Å². The van der Waals surface area contributed by atoms with Crippen LogP contribution in [0.3, 0.4) is 0 Å². The van der Waals surface area contributed by atoms with E-state index in [-0.39, 0.29) is 0 Å². The van der Waals surface area contributed by atoms with E-state index in [9.17, 15) is 0 Å². The number of rotatable bonds is 4. The number of hydrogen-bond acceptors (Lipinski definition) is 6. The summed E-state index contributed by atoms with van der Waals surface area (Å²) in [6, 6.07) is 9.08. The van der Waals surface area contributed by atoms with Gasteiger partial charge in [0.15, 0.2) is 0 Å². The number of ether oxygens (including phenoxy) is 2. The molecule has 106 valence electrons. The second-order valence-electron chi connectivity index (χ2n) is 4.20. The van der Waals surface area contributed by atoms with E-state index in [1.165, 1.54) is 0 Å². The highest BCUT2D eigenvalue weighted by atomic mass is 16.5. The minimum Gasteiger partial charge on any atom is -0.496 e. The first-order valence-electron chi connectivity index (χ1n) is 6.29. The number of aromatic nitrogens is 3. The maximum atomic E-state index is 5.35. The van der Waals surface area contributed by atoms with Crippen molar-refractivity contribution in [2.75, 3.05) is 14.2 Å². The first-order valence-corrected chi connectivity index (χ1v) is 6.29. The van der Waals surface area contributed by atoms with Crippen LogP contribution in [0, 0.1) is 0 Å². The van der Waals surface area contributed by atoms with Gasteiger partial charge in [-0.25, -0.2) is 0 Å². The maximum absolute atomic E-state index is 5.35. The van der Waals surface area contributed by atoms with Crippen molar-refractivity contribution < 1.29 is 14.0 Å². The van der Waals surface area contributed by atoms with E-state index >= 15 is 0 Å². The minimum absolute atomic E-state index is 0.413.